The van der Waals surface area contributed by atoms with E-state index >= 15 is 0 Å². The van der Waals surface area contributed by atoms with Gasteiger partial charge in [-0.2, -0.15) is 5.26 Å². The van der Waals surface area contributed by atoms with Crippen LogP contribution in [0.5, 0.6) is 0 Å². The Balaban J connectivity index is 1.91. The van der Waals surface area contributed by atoms with Gasteiger partial charge < -0.3 is 14.7 Å². The molecule has 4 rings (SSSR count). The van der Waals surface area contributed by atoms with Gasteiger partial charge in [0.15, 0.2) is 0 Å². The summed E-state index contributed by atoms with van der Waals surface area (Å²) < 4.78 is 2.19. The highest BCUT2D eigenvalue weighted by Crippen LogP contribution is 2.40. The third-order valence-electron chi connectivity index (χ3n) is 4.89. The van der Waals surface area contributed by atoms with E-state index in [1.807, 2.05) is 12.3 Å². The Morgan fingerprint density at radius 1 is 1.52 bits per heavy atom. The van der Waals surface area contributed by atoms with E-state index in [2.05, 4.69) is 25.6 Å². The van der Waals surface area contributed by atoms with Crippen LogP contribution in [-0.4, -0.2) is 24.6 Å². The van der Waals surface area contributed by atoms with Crippen LogP contribution < -0.4 is 0 Å². The van der Waals surface area contributed by atoms with Crippen LogP contribution in [0.15, 0.2) is 18.5 Å². The molecule has 0 radical (unpaired) electrons. The molecule has 1 saturated carbocycles. The van der Waals surface area contributed by atoms with Crippen LogP contribution in [0.1, 0.15) is 50.6 Å². The van der Waals surface area contributed by atoms with E-state index in [0.717, 1.165) is 41.3 Å². The van der Waals surface area contributed by atoms with E-state index < -0.39 is 6.10 Å². The first-order chi connectivity index (χ1) is 11.2. The molecule has 1 aliphatic rings. The maximum atomic E-state index is 10.2. The molecule has 3 heterocycles. The maximum Gasteiger partial charge on any atom is 0.139 e. The molecule has 2 N–H and O–H groups in total. The van der Waals surface area contributed by atoms with E-state index in [-0.39, 0.29) is 6.04 Å². The minimum absolute atomic E-state index is 0.281. The molecule has 0 spiro atoms. The van der Waals surface area contributed by atoms with Crippen molar-refractivity contribution in [3.8, 4) is 6.07 Å². The number of aromatic nitrogens is 4. The Morgan fingerprint density at radius 3 is 3.17 bits per heavy atom. The molecule has 1 aliphatic carbocycles. The molecule has 3 aromatic rings. The number of rotatable bonds is 3. The lowest BCUT2D eigenvalue weighted by atomic mass is 10.0. The highest BCUT2D eigenvalue weighted by Gasteiger charge is 2.30. The quantitative estimate of drug-likeness (QED) is 0.777. The van der Waals surface area contributed by atoms with Gasteiger partial charge in [-0.25, -0.2) is 9.97 Å². The number of H-pyrrole nitrogens is 1. The Labute approximate surface area is 133 Å². The van der Waals surface area contributed by atoms with Crippen molar-refractivity contribution in [1.82, 2.24) is 19.5 Å². The van der Waals surface area contributed by atoms with Gasteiger partial charge in [-0.15, -0.1) is 0 Å². The topological polar surface area (TPSA) is 90.5 Å². The molecule has 3 aromatic heterocycles. The Hall–Kier alpha value is -2.39. The van der Waals surface area contributed by atoms with Crippen molar-refractivity contribution in [3.05, 3.63) is 24.3 Å². The largest absolute Gasteiger partial charge is 0.385 e. The summed E-state index contributed by atoms with van der Waals surface area (Å²) in [6, 6.07) is 4.58. The van der Waals surface area contributed by atoms with Gasteiger partial charge in [0.25, 0.3) is 0 Å². The Kier molecular flexibility index (Phi) is 3.31. The molecule has 0 saturated heterocycles. The SMILES string of the molecule is C[C@H](O)c1nc2cnc3[nH]ccc3c2n1[C@@H]1CCC(CC#N)C1. The normalized spacial score (nSPS) is 22.7. The molecule has 0 aliphatic heterocycles. The van der Waals surface area contributed by atoms with Crippen molar-refractivity contribution in [3.63, 3.8) is 0 Å². The van der Waals surface area contributed by atoms with Crippen molar-refractivity contribution in [2.45, 2.75) is 44.8 Å². The lowest BCUT2D eigenvalue weighted by Crippen LogP contribution is -2.12. The molecule has 1 unspecified atom stereocenters. The maximum absolute atomic E-state index is 10.2. The lowest BCUT2D eigenvalue weighted by Gasteiger charge is -2.18. The van der Waals surface area contributed by atoms with Gasteiger partial charge in [0.1, 0.15) is 23.1 Å². The molecular formula is C17H19N5O. The lowest BCUT2D eigenvalue weighted by molar-refractivity contribution is 0.181. The Morgan fingerprint density at radius 2 is 2.39 bits per heavy atom. The second kappa shape index (κ2) is 5.36. The van der Waals surface area contributed by atoms with E-state index in [9.17, 15) is 5.11 Å². The zero-order chi connectivity index (χ0) is 16.0. The van der Waals surface area contributed by atoms with Gasteiger partial charge in [0.05, 0.1) is 17.8 Å². The van der Waals surface area contributed by atoms with Crippen molar-refractivity contribution in [1.29, 1.82) is 5.26 Å². The highest BCUT2D eigenvalue weighted by molar-refractivity contribution is 6.01. The van der Waals surface area contributed by atoms with Crippen molar-refractivity contribution in [2.75, 3.05) is 0 Å². The summed E-state index contributed by atoms with van der Waals surface area (Å²) in [7, 11) is 0. The summed E-state index contributed by atoms with van der Waals surface area (Å²) in [5.74, 6) is 1.13. The monoisotopic (exact) mass is 309 g/mol. The average molecular weight is 309 g/mol. The molecule has 1 fully saturated rings. The van der Waals surface area contributed by atoms with Gasteiger partial charge in [0, 0.05) is 24.0 Å². The number of hydrogen-bond acceptors (Lipinski definition) is 4. The van der Waals surface area contributed by atoms with Crippen LogP contribution in [-0.2, 0) is 0 Å². The summed E-state index contributed by atoms with van der Waals surface area (Å²) in [5, 5.41) is 20.2. The number of imidazole rings is 1. The fourth-order valence-electron chi connectivity index (χ4n) is 3.87. The number of aliphatic hydroxyl groups excluding tert-OH is 1. The molecule has 0 amide bonds. The Bertz CT molecular complexity index is 901. The number of nitriles is 1. The first-order valence-electron chi connectivity index (χ1n) is 8.08. The number of nitrogens with one attached hydrogen (secondary N) is 1. The smallest absolute Gasteiger partial charge is 0.139 e. The van der Waals surface area contributed by atoms with E-state index in [1.54, 1.807) is 13.1 Å². The van der Waals surface area contributed by atoms with Gasteiger partial charge in [0.2, 0.25) is 0 Å². The van der Waals surface area contributed by atoms with Crippen LogP contribution in [0, 0.1) is 17.2 Å². The molecule has 6 heteroatoms. The molecule has 0 bridgehead atoms. The van der Waals surface area contributed by atoms with Gasteiger partial charge in [-0.05, 0) is 38.2 Å². The van der Waals surface area contributed by atoms with E-state index in [4.69, 9.17) is 5.26 Å². The van der Waals surface area contributed by atoms with Gasteiger partial charge in [-0.3, -0.25) is 0 Å². The van der Waals surface area contributed by atoms with Crippen molar-refractivity contribution >= 4 is 22.1 Å². The highest BCUT2D eigenvalue weighted by atomic mass is 16.3. The number of pyridine rings is 1. The van der Waals surface area contributed by atoms with E-state index in [1.165, 1.54) is 0 Å². The molecule has 118 valence electrons. The third kappa shape index (κ3) is 2.20. The molecule has 3 atom stereocenters. The number of aromatic amines is 1. The zero-order valence-electron chi connectivity index (χ0n) is 13.0. The summed E-state index contributed by atoms with van der Waals surface area (Å²) >= 11 is 0. The summed E-state index contributed by atoms with van der Waals surface area (Å²) in [4.78, 5) is 12.2. The van der Waals surface area contributed by atoms with Crippen LogP contribution >= 0.6 is 0 Å². The van der Waals surface area contributed by atoms with Crippen LogP contribution in [0.2, 0.25) is 0 Å². The summed E-state index contributed by atoms with van der Waals surface area (Å²) in [6.07, 6.45) is 6.65. The predicted octanol–water partition coefficient (Wildman–Crippen LogP) is 3.22. The number of aliphatic hydroxyl groups is 1. The van der Waals surface area contributed by atoms with Gasteiger partial charge >= 0.3 is 0 Å². The van der Waals surface area contributed by atoms with Crippen LogP contribution in [0.3, 0.4) is 0 Å². The van der Waals surface area contributed by atoms with Crippen LogP contribution in [0.25, 0.3) is 22.1 Å². The van der Waals surface area contributed by atoms with Crippen molar-refractivity contribution < 1.29 is 5.11 Å². The average Bonchev–Trinajstić information content (AvgIpc) is 3.23. The first kappa shape index (κ1) is 14.2. The first-order valence-corrected chi connectivity index (χ1v) is 8.08. The standard InChI is InChI=1S/C17H19N5O/c1-10(23)17-21-14-9-20-16-13(5-7-19-16)15(14)22(17)12-3-2-11(8-12)4-6-18/h5,7,9-12,23H,2-4,8H2,1H3,(H,19,20)/t10-,11?,12+/m0/s1. The van der Waals surface area contributed by atoms with Crippen molar-refractivity contribution in [2.24, 2.45) is 5.92 Å². The fraction of sp³-hybridized carbons (Fsp3) is 0.471. The second-order valence-corrected chi connectivity index (χ2v) is 6.44. The molecule has 23 heavy (non-hydrogen) atoms. The predicted molar refractivity (Wildman–Crippen MR) is 86.6 cm³/mol. The molecule has 0 aromatic carbocycles. The summed E-state index contributed by atoms with van der Waals surface area (Å²) in [5.41, 5.74) is 2.69. The van der Waals surface area contributed by atoms with Crippen LogP contribution in [0.4, 0.5) is 0 Å². The fourth-order valence-corrected chi connectivity index (χ4v) is 3.87. The van der Waals surface area contributed by atoms with Gasteiger partial charge in [-0.1, -0.05) is 0 Å². The number of nitrogens with zero attached hydrogens (tertiary/aromatic N) is 4. The minimum atomic E-state index is -0.633. The van der Waals surface area contributed by atoms with E-state index in [0.29, 0.717) is 18.2 Å². The third-order valence-corrected chi connectivity index (χ3v) is 4.89. The second-order valence-electron chi connectivity index (χ2n) is 6.44. The zero-order valence-corrected chi connectivity index (χ0v) is 13.0. The molecule has 6 nitrogen and oxygen atoms in total. The number of fused-ring (bicyclic) bond motifs is 3. The molecular weight excluding hydrogens is 290 g/mol. The minimum Gasteiger partial charge on any atom is -0.385 e. The number of hydrogen-bond donors (Lipinski definition) is 2. The summed E-state index contributed by atoms with van der Waals surface area (Å²) in [6.45, 7) is 1.75.